The third-order valence-electron chi connectivity index (χ3n) is 13.1. The Kier molecular flexibility index (Phi) is 15.7. The number of nitrogens with zero attached hydrogens (tertiary/aromatic N) is 6. The van der Waals surface area contributed by atoms with Gasteiger partial charge in [0.2, 0.25) is 5.91 Å². The number of aliphatic imine (C=N–C) groups is 2. The summed E-state index contributed by atoms with van der Waals surface area (Å²) in [5.74, 6) is -0.630. The summed E-state index contributed by atoms with van der Waals surface area (Å²) in [6, 6.07) is 19.7. The van der Waals surface area contributed by atoms with Crippen LogP contribution in [0.4, 0.5) is 0 Å². The average molecular weight is 889 g/mol. The lowest BCUT2D eigenvalue weighted by Gasteiger charge is -2.36. The highest BCUT2D eigenvalue weighted by Crippen LogP contribution is 2.42. The fourth-order valence-corrected chi connectivity index (χ4v) is 9.80. The molecule has 7 rings (SSSR count). The molecule has 0 saturated carbocycles. The van der Waals surface area contributed by atoms with Gasteiger partial charge >= 0.3 is 5.97 Å². The van der Waals surface area contributed by atoms with Crippen LogP contribution in [0, 0.1) is 17.3 Å². The summed E-state index contributed by atoms with van der Waals surface area (Å²) in [4.78, 5) is 58.8. The lowest BCUT2D eigenvalue weighted by molar-refractivity contribution is -0.155. The molecule has 2 aromatic carbocycles. The normalized spacial score (nSPS) is 21.4. The van der Waals surface area contributed by atoms with Crippen LogP contribution in [-0.2, 0) is 48.0 Å². The van der Waals surface area contributed by atoms with E-state index < -0.39 is 29.5 Å². The lowest BCUT2D eigenvalue weighted by Crippen LogP contribution is -2.62. The van der Waals surface area contributed by atoms with E-state index in [1.807, 2.05) is 45.2 Å². The van der Waals surface area contributed by atoms with Crippen LogP contribution in [0.1, 0.15) is 83.7 Å². The molecule has 14 heteroatoms. The van der Waals surface area contributed by atoms with Gasteiger partial charge in [0.15, 0.2) is 0 Å². The van der Waals surface area contributed by atoms with Gasteiger partial charge in [0.05, 0.1) is 55.8 Å². The molecule has 5 atom stereocenters. The highest BCUT2D eigenvalue weighted by molar-refractivity contribution is 5.95. The Balaban J connectivity index is 1.26. The molecule has 14 nitrogen and oxygen atoms in total. The number of carbonyl (C=O) groups excluding carboxylic acids is 3. The SMILES string of the molecule is CCn1c(-c2cccnc2[C@H](C)OC)c2c3cc(ccc31)-c1cccc(c1)C[C@H](NC(=O)[C@H](C(C)C)N1CC[C@@H](CN=C=NCCOC)C1)C(=O)N1CCC[C@H](N1)C(=O)OCC(C)(C)C2. The number of methoxy groups -OCH3 is 2. The Hall–Kier alpha value is -5.24. The number of esters is 1. The number of pyridine rings is 1. The average Bonchev–Trinajstić information content (AvgIpc) is 3.89. The van der Waals surface area contributed by atoms with Crippen LogP contribution in [-0.4, -0.2) is 122 Å². The first-order chi connectivity index (χ1) is 31.3. The molecule has 3 aliphatic rings. The number of benzene rings is 2. The summed E-state index contributed by atoms with van der Waals surface area (Å²) in [7, 11) is 3.34. The van der Waals surface area contributed by atoms with E-state index in [1.165, 1.54) is 5.01 Å². The van der Waals surface area contributed by atoms with Crippen LogP contribution >= 0.6 is 0 Å². The quantitative estimate of drug-likeness (QED) is 0.0829. The molecule has 0 spiro atoms. The van der Waals surface area contributed by atoms with Gasteiger partial charge in [-0.3, -0.25) is 29.3 Å². The molecule has 2 fully saturated rings. The number of amides is 2. The highest BCUT2D eigenvalue weighted by Gasteiger charge is 2.39. The van der Waals surface area contributed by atoms with Crippen molar-refractivity contribution in [3.8, 4) is 22.4 Å². The number of likely N-dealkylation sites (tertiary alicyclic amines) is 1. The van der Waals surface area contributed by atoms with E-state index in [9.17, 15) is 14.4 Å². The molecule has 3 aliphatic heterocycles. The Morgan fingerprint density at radius 3 is 2.63 bits per heavy atom. The fourth-order valence-electron chi connectivity index (χ4n) is 9.80. The summed E-state index contributed by atoms with van der Waals surface area (Å²) in [6.45, 7) is 16.9. The Morgan fingerprint density at radius 1 is 1.05 bits per heavy atom. The van der Waals surface area contributed by atoms with Gasteiger partial charge in [-0.2, -0.15) is 0 Å². The van der Waals surface area contributed by atoms with Crippen molar-refractivity contribution in [1.29, 1.82) is 0 Å². The third kappa shape index (κ3) is 11.1. The minimum absolute atomic E-state index is 0.0157. The number of hydrogen-bond donors (Lipinski definition) is 2. The first-order valence-corrected chi connectivity index (χ1v) is 23.4. The molecule has 65 heavy (non-hydrogen) atoms. The zero-order valence-electron chi connectivity index (χ0n) is 39.6. The smallest absolute Gasteiger partial charge is 0.324 e. The molecule has 0 aliphatic carbocycles. The van der Waals surface area contributed by atoms with E-state index in [0.29, 0.717) is 52.0 Å². The number of aryl methyl sites for hydroxylation is 1. The summed E-state index contributed by atoms with van der Waals surface area (Å²) in [5, 5.41) is 5.86. The second-order valence-electron chi connectivity index (χ2n) is 19.0. The van der Waals surface area contributed by atoms with Gasteiger partial charge in [0, 0.05) is 68.4 Å². The van der Waals surface area contributed by atoms with Crippen LogP contribution in [0.2, 0.25) is 0 Å². The van der Waals surface area contributed by atoms with Crippen molar-refractivity contribution in [2.75, 3.05) is 60.2 Å². The molecular formula is C51H68N8O6. The predicted octanol–water partition coefficient (Wildman–Crippen LogP) is 6.91. The number of aromatic nitrogens is 2. The first-order valence-electron chi connectivity index (χ1n) is 23.4. The van der Waals surface area contributed by atoms with Crippen molar-refractivity contribution in [2.24, 2.45) is 27.2 Å². The van der Waals surface area contributed by atoms with Gasteiger partial charge in [0.25, 0.3) is 5.91 Å². The van der Waals surface area contributed by atoms with Crippen LogP contribution in [0.15, 0.2) is 70.8 Å². The maximum Gasteiger partial charge on any atom is 0.324 e. The maximum atomic E-state index is 14.7. The zero-order valence-corrected chi connectivity index (χ0v) is 39.6. The topological polar surface area (TPSA) is 152 Å². The predicted molar refractivity (Wildman–Crippen MR) is 253 cm³/mol. The van der Waals surface area contributed by atoms with E-state index in [4.69, 9.17) is 19.2 Å². The third-order valence-corrected chi connectivity index (χ3v) is 13.1. The van der Waals surface area contributed by atoms with E-state index in [2.05, 4.69) is 93.4 Å². The van der Waals surface area contributed by atoms with Crippen LogP contribution in [0.3, 0.4) is 0 Å². The number of hydrazine groups is 1. The second-order valence-corrected chi connectivity index (χ2v) is 19.0. The largest absolute Gasteiger partial charge is 0.464 e. The standard InChI is InChI=1S/C51H68N8O6/c1-9-58-44-18-17-38-27-40(44)41(47(58)39-15-11-20-54-45(39)34(4)64-8)28-51(5,6)31-65-50(62)42-16-12-22-59(56-42)49(61)43(26-35-13-10-14-37(38)25-35)55-48(60)46(33(2)3)57-23-19-36(30-57)29-53-32-52-21-24-63-7/h10-11,13-15,17-18,20,25,27,33-34,36,42-43,46,56H,9,12,16,19,21-24,26,28-31H2,1-8H3,(H,55,60)/t34-,36-,42-,43-,46-/m0/s1. The minimum Gasteiger partial charge on any atom is -0.464 e. The fraction of sp³-hybridized carbons (Fsp3) is 0.549. The molecule has 2 aromatic heterocycles. The number of ether oxygens (including phenoxy) is 3. The molecule has 5 heterocycles. The van der Waals surface area contributed by atoms with Gasteiger partial charge in [-0.15, -0.1) is 0 Å². The van der Waals surface area contributed by atoms with Crippen molar-refractivity contribution in [3.05, 3.63) is 77.6 Å². The Labute approximate surface area is 384 Å². The van der Waals surface area contributed by atoms with E-state index >= 15 is 0 Å². The van der Waals surface area contributed by atoms with Crippen molar-refractivity contribution >= 4 is 34.7 Å². The molecule has 4 aromatic rings. The van der Waals surface area contributed by atoms with Gasteiger partial charge in [-0.05, 0) is 104 Å². The van der Waals surface area contributed by atoms with Gasteiger partial charge in [0.1, 0.15) is 12.1 Å². The van der Waals surface area contributed by atoms with Gasteiger partial charge in [-0.1, -0.05) is 58.0 Å². The van der Waals surface area contributed by atoms with Crippen LogP contribution < -0.4 is 10.7 Å². The van der Waals surface area contributed by atoms with E-state index in [1.54, 1.807) is 14.2 Å². The monoisotopic (exact) mass is 889 g/mol. The van der Waals surface area contributed by atoms with Crippen molar-refractivity contribution < 1.29 is 28.6 Å². The van der Waals surface area contributed by atoms with Crippen molar-refractivity contribution in [3.63, 3.8) is 0 Å². The molecule has 0 radical (unpaired) electrons. The Morgan fingerprint density at radius 2 is 1.86 bits per heavy atom. The number of cyclic esters (lactones) is 1. The molecule has 0 unspecified atom stereocenters. The summed E-state index contributed by atoms with van der Waals surface area (Å²) in [5.41, 5.74) is 10.9. The maximum absolute atomic E-state index is 14.7. The molecule has 2 amide bonds. The van der Waals surface area contributed by atoms with E-state index in [-0.39, 0.29) is 42.8 Å². The Bertz CT molecular complexity index is 2390. The van der Waals surface area contributed by atoms with Gasteiger partial charge in [-0.25, -0.2) is 15.4 Å². The number of hydrogen-bond acceptors (Lipinski definition) is 11. The summed E-state index contributed by atoms with van der Waals surface area (Å²) >= 11 is 0. The first kappa shape index (κ1) is 47.7. The molecule has 348 valence electrons. The molecular weight excluding hydrogens is 821 g/mol. The van der Waals surface area contributed by atoms with Crippen molar-refractivity contribution in [2.45, 2.75) is 104 Å². The second kappa shape index (κ2) is 21.4. The number of fused-ring (bicyclic) bond motifs is 6. The van der Waals surface area contributed by atoms with Crippen LogP contribution in [0.5, 0.6) is 0 Å². The van der Waals surface area contributed by atoms with Crippen molar-refractivity contribution in [1.82, 2.24) is 30.2 Å². The van der Waals surface area contributed by atoms with Crippen LogP contribution in [0.25, 0.3) is 33.3 Å². The summed E-state index contributed by atoms with van der Waals surface area (Å²) < 4.78 is 19.4. The van der Waals surface area contributed by atoms with E-state index in [0.717, 1.165) is 69.6 Å². The number of rotatable bonds is 13. The number of nitrogens with one attached hydrogen (secondary N) is 2. The lowest BCUT2D eigenvalue weighted by atomic mass is 9.84. The molecule has 2 saturated heterocycles. The molecule has 6 bridgehead atoms. The number of carbonyl (C=O) groups is 3. The summed E-state index contributed by atoms with van der Waals surface area (Å²) in [6.07, 6.45) is 4.49. The highest BCUT2D eigenvalue weighted by atomic mass is 16.5. The minimum atomic E-state index is -0.899. The van der Waals surface area contributed by atoms with Gasteiger partial charge < -0.3 is 24.1 Å². The molecule has 2 N–H and O–H groups in total. The zero-order chi connectivity index (χ0) is 46.3.